The molecule has 156 valence electrons. The van der Waals surface area contributed by atoms with E-state index >= 15 is 0 Å². The van der Waals surface area contributed by atoms with Gasteiger partial charge < -0.3 is 26.0 Å². The zero-order chi connectivity index (χ0) is 21.4. The molecule has 4 atom stereocenters. The lowest BCUT2D eigenvalue weighted by Gasteiger charge is -2.23. The zero-order valence-electron chi connectivity index (χ0n) is 16.3. The number of carbonyl (C=O) groups is 4. The maximum Gasteiger partial charge on any atom is 0.326 e. The monoisotopic (exact) mass is 407 g/mol. The summed E-state index contributed by atoms with van der Waals surface area (Å²) in [5.74, 6) is -3.01. The Kier molecular flexibility index (Phi) is 10.2. The van der Waals surface area contributed by atoms with Crippen molar-refractivity contribution in [1.29, 1.82) is 0 Å². The molecule has 0 aliphatic carbocycles. The predicted molar refractivity (Wildman–Crippen MR) is 99.5 cm³/mol. The van der Waals surface area contributed by atoms with E-state index in [0.717, 1.165) is 6.66 Å². The number of aliphatic carboxylic acids is 1. The normalized spacial score (nSPS) is 16.6. The van der Waals surface area contributed by atoms with Crippen LogP contribution in [0.1, 0.15) is 40.5 Å². The van der Waals surface area contributed by atoms with Crippen molar-refractivity contribution >= 4 is 31.1 Å². The Hall–Kier alpha value is -1.93. The van der Waals surface area contributed by atoms with Gasteiger partial charge in [0.25, 0.3) is 0 Å². The van der Waals surface area contributed by atoms with Gasteiger partial charge in [-0.2, -0.15) is 0 Å². The van der Waals surface area contributed by atoms with E-state index in [2.05, 4.69) is 16.0 Å². The summed E-state index contributed by atoms with van der Waals surface area (Å²) in [7, 11) is -3.38. The van der Waals surface area contributed by atoms with E-state index in [-0.39, 0.29) is 24.9 Å². The summed E-state index contributed by atoms with van der Waals surface area (Å²) < 4.78 is 11.4. The Labute approximate surface area is 158 Å². The summed E-state index contributed by atoms with van der Waals surface area (Å²) in [6, 6.07) is -3.21. The highest BCUT2D eigenvalue weighted by molar-refractivity contribution is 7.57. The fraction of sp³-hybridized carbons (Fsp3) is 0.750. The average molecular weight is 407 g/mol. The maximum absolute atomic E-state index is 12.3. The van der Waals surface area contributed by atoms with Crippen LogP contribution in [0.15, 0.2) is 0 Å². The molecule has 27 heavy (non-hydrogen) atoms. The minimum atomic E-state index is -3.38. The molecule has 0 fully saturated rings. The molecule has 0 saturated carbocycles. The first-order chi connectivity index (χ1) is 12.2. The third kappa shape index (κ3) is 11.4. The smallest absolute Gasteiger partial charge is 0.326 e. The number of carboxylic acids is 1. The Morgan fingerprint density at radius 1 is 0.963 bits per heavy atom. The van der Waals surface area contributed by atoms with Gasteiger partial charge in [0.05, 0.1) is 0 Å². The van der Waals surface area contributed by atoms with Gasteiger partial charge >= 0.3 is 5.97 Å². The second-order valence-corrected chi connectivity index (χ2v) is 9.62. The molecule has 5 N–H and O–H groups in total. The zero-order valence-corrected chi connectivity index (χ0v) is 17.2. The van der Waals surface area contributed by atoms with Gasteiger partial charge in [-0.25, -0.2) is 4.79 Å². The topological polar surface area (TPSA) is 162 Å². The lowest BCUT2D eigenvalue weighted by Crippen LogP contribution is -2.54. The van der Waals surface area contributed by atoms with Crippen LogP contribution in [0.5, 0.6) is 0 Å². The second-order valence-electron chi connectivity index (χ2n) is 7.08. The fourth-order valence-corrected chi connectivity index (χ4v) is 2.99. The molecule has 0 bridgehead atoms. The van der Waals surface area contributed by atoms with Crippen LogP contribution >= 0.6 is 7.37 Å². The SMILES string of the molecule is CC(=O)N[C@@H](CCP(C)(=O)O)C(=O)N[C@@H](C)C(=O)N[C@@H](CC(C)C)C(=O)O. The minimum Gasteiger partial charge on any atom is -0.480 e. The number of hydrogen-bond donors (Lipinski definition) is 5. The highest BCUT2D eigenvalue weighted by Gasteiger charge is 2.28. The first-order valence-electron chi connectivity index (χ1n) is 8.62. The number of carbonyl (C=O) groups excluding carboxylic acids is 3. The van der Waals surface area contributed by atoms with Gasteiger partial charge in [-0.1, -0.05) is 13.8 Å². The van der Waals surface area contributed by atoms with E-state index in [1.807, 2.05) is 13.8 Å². The van der Waals surface area contributed by atoms with E-state index in [1.165, 1.54) is 13.8 Å². The lowest BCUT2D eigenvalue weighted by molar-refractivity contribution is -0.142. The van der Waals surface area contributed by atoms with Crippen molar-refractivity contribution in [2.45, 2.75) is 58.7 Å². The molecule has 1 unspecified atom stereocenters. The van der Waals surface area contributed by atoms with Crippen molar-refractivity contribution in [3.8, 4) is 0 Å². The molecule has 0 radical (unpaired) electrons. The van der Waals surface area contributed by atoms with Crippen LogP contribution in [0.4, 0.5) is 0 Å². The third-order valence-electron chi connectivity index (χ3n) is 3.60. The van der Waals surface area contributed by atoms with Gasteiger partial charge in [0.15, 0.2) is 7.37 Å². The number of nitrogens with one attached hydrogen (secondary N) is 3. The van der Waals surface area contributed by atoms with Crippen LogP contribution in [0.2, 0.25) is 0 Å². The molecule has 0 aromatic rings. The van der Waals surface area contributed by atoms with Crippen LogP contribution in [0.25, 0.3) is 0 Å². The molecule has 0 aromatic heterocycles. The Morgan fingerprint density at radius 2 is 1.52 bits per heavy atom. The van der Waals surface area contributed by atoms with E-state index in [1.54, 1.807) is 0 Å². The van der Waals surface area contributed by atoms with Gasteiger partial charge in [-0.05, 0) is 25.7 Å². The van der Waals surface area contributed by atoms with E-state index < -0.39 is 49.2 Å². The van der Waals surface area contributed by atoms with Crippen molar-refractivity contribution in [3.63, 3.8) is 0 Å². The molecule has 0 spiro atoms. The standard InChI is InChI=1S/C16H30N3O7P/c1-9(2)8-13(16(23)24)19-14(21)10(3)17-15(22)12(18-11(4)20)6-7-27(5,25)26/h9-10,12-13H,6-8H2,1-5H3,(H,17,22)(H,18,20)(H,19,21)(H,23,24)(H,25,26)/t10-,12-,13-/m0/s1. The second kappa shape index (κ2) is 11.0. The molecule has 0 aliphatic heterocycles. The third-order valence-corrected chi connectivity index (χ3v) is 4.69. The van der Waals surface area contributed by atoms with Gasteiger partial charge in [0.1, 0.15) is 18.1 Å². The van der Waals surface area contributed by atoms with Crippen molar-refractivity contribution in [2.24, 2.45) is 5.92 Å². The van der Waals surface area contributed by atoms with Crippen LogP contribution in [-0.4, -0.2) is 64.6 Å². The molecule has 0 saturated heterocycles. The molecular weight excluding hydrogens is 377 g/mol. The summed E-state index contributed by atoms with van der Waals surface area (Å²) in [6.45, 7) is 7.36. The van der Waals surface area contributed by atoms with Gasteiger partial charge in [0.2, 0.25) is 17.7 Å². The average Bonchev–Trinajstić information content (AvgIpc) is 2.48. The molecule has 0 heterocycles. The predicted octanol–water partition coefficient (Wildman–Crippen LogP) is -0.0984. The van der Waals surface area contributed by atoms with Crippen molar-refractivity contribution in [1.82, 2.24) is 16.0 Å². The summed E-state index contributed by atoms with van der Waals surface area (Å²) in [5.41, 5.74) is 0. The van der Waals surface area contributed by atoms with Crippen LogP contribution in [-0.2, 0) is 23.7 Å². The Morgan fingerprint density at radius 3 is 1.93 bits per heavy atom. The Bertz CT molecular complexity index is 603. The van der Waals surface area contributed by atoms with E-state index in [0.29, 0.717) is 0 Å². The largest absolute Gasteiger partial charge is 0.480 e. The highest BCUT2D eigenvalue weighted by atomic mass is 31.2. The molecule has 0 aliphatic rings. The lowest BCUT2D eigenvalue weighted by atomic mass is 10.0. The number of amides is 3. The Balaban J connectivity index is 4.93. The minimum absolute atomic E-state index is 0.0451. The van der Waals surface area contributed by atoms with Crippen molar-refractivity contribution < 1.29 is 33.7 Å². The fourth-order valence-electron chi connectivity index (χ4n) is 2.25. The number of carboxylic acid groups (broad SMARTS) is 1. The molecule has 10 nitrogen and oxygen atoms in total. The van der Waals surface area contributed by atoms with Crippen molar-refractivity contribution in [2.75, 3.05) is 12.8 Å². The maximum atomic E-state index is 12.3. The number of hydrogen-bond acceptors (Lipinski definition) is 5. The molecule has 0 aromatic carbocycles. The highest BCUT2D eigenvalue weighted by Crippen LogP contribution is 2.36. The number of rotatable bonds is 11. The molecule has 0 rings (SSSR count). The van der Waals surface area contributed by atoms with Crippen molar-refractivity contribution in [3.05, 3.63) is 0 Å². The van der Waals surface area contributed by atoms with Crippen LogP contribution < -0.4 is 16.0 Å². The molecule has 11 heteroatoms. The summed E-state index contributed by atoms with van der Waals surface area (Å²) in [4.78, 5) is 56.3. The van der Waals surface area contributed by atoms with Gasteiger partial charge in [0, 0.05) is 19.8 Å². The summed E-state index contributed by atoms with van der Waals surface area (Å²) in [6.07, 6.45) is -0.0188. The summed E-state index contributed by atoms with van der Waals surface area (Å²) >= 11 is 0. The van der Waals surface area contributed by atoms with Gasteiger partial charge in [-0.3, -0.25) is 18.9 Å². The molecule has 3 amide bonds. The van der Waals surface area contributed by atoms with E-state index in [4.69, 9.17) is 5.11 Å². The summed E-state index contributed by atoms with van der Waals surface area (Å²) in [5, 5.41) is 16.3. The van der Waals surface area contributed by atoms with Crippen LogP contribution in [0, 0.1) is 5.92 Å². The quantitative estimate of drug-likeness (QED) is 0.299. The van der Waals surface area contributed by atoms with E-state index in [9.17, 15) is 28.6 Å². The molecular formula is C16H30N3O7P. The first-order valence-corrected chi connectivity index (χ1v) is 10.9. The van der Waals surface area contributed by atoms with Crippen LogP contribution in [0.3, 0.4) is 0 Å². The first kappa shape index (κ1) is 25.1. The van der Waals surface area contributed by atoms with Gasteiger partial charge in [-0.15, -0.1) is 0 Å².